The molecule has 0 atom stereocenters. The predicted molar refractivity (Wildman–Crippen MR) is 74.3 cm³/mol. The molecule has 0 saturated heterocycles. The number of anilines is 1. The van der Waals surface area contributed by atoms with E-state index >= 15 is 0 Å². The first kappa shape index (κ1) is 14.1. The summed E-state index contributed by atoms with van der Waals surface area (Å²) in [5.41, 5.74) is 6.18. The van der Waals surface area contributed by atoms with Crippen LogP contribution in [-0.2, 0) is 0 Å². The second kappa shape index (κ2) is 5.79. The van der Waals surface area contributed by atoms with Crippen molar-refractivity contribution in [1.29, 1.82) is 0 Å². The van der Waals surface area contributed by atoms with Gasteiger partial charge in [0.05, 0.1) is 21.3 Å². The van der Waals surface area contributed by atoms with Crippen molar-refractivity contribution in [2.45, 2.75) is 0 Å². The molecule has 1 aromatic carbocycles. The Hall–Kier alpha value is -2.28. The van der Waals surface area contributed by atoms with Gasteiger partial charge in [-0.15, -0.1) is 0 Å². The molecular weight excluding hydrogens is 284 g/mol. The molecule has 20 heavy (non-hydrogen) atoms. The number of rotatable bonds is 4. The van der Waals surface area contributed by atoms with Gasteiger partial charge in [0, 0.05) is 5.56 Å². The first-order valence-corrected chi connectivity index (χ1v) is 5.94. The summed E-state index contributed by atoms with van der Waals surface area (Å²) < 4.78 is 15.8. The monoisotopic (exact) mass is 296 g/mol. The number of nitrogen functional groups attached to an aromatic ring is 1. The van der Waals surface area contributed by atoms with E-state index in [1.165, 1.54) is 21.3 Å². The average Bonchev–Trinajstić information content (AvgIpc) is 2.44. The minimum Gasteiger partial charge on any atom is -0.493 e. The molecule has 8 heteroatoms. The number of nitrogens with zero attached hydrogens (tertiary/aromatic N) is 3. The van der Waals surface area contributed by atoms with E-state index < -0.39 is 0 Å². The lowest BCUT2D eigenvalue weighted by atomic mass is 10.1. The molecule has 0 spiro atoms. The number of halogens is 1. The van der Waals surface area contributed by atoms with Gasteiger partial charge in [-0.2, -0.15) is 15.0 Å². The van der Waals surface area contributed by atoms with Crippen LogP contribution in [0.5, 0.6) is 17.2 Å². The van der Waals surface area contributed by atoms with Gasteiger partial charge in [0.15, 0.2) is 17.3 Å². The summed E-state index contributed by atoms with van der Waals surface area (Å²) in [5, 5.41) is 0.0150. The lowest BCUT2D eigenvalue weighted by molar-refractivity contribution is 0.324. The quantitative estimate of drug-likeness (QED) is 0.919. The van der Waals surface area contributed by atoms with Crippen LogP contribution >= 0.6 is 11.6 Å². The van der Waals surface area contributed by atoms with Crippen molar-refractivity contribution in [1.82, 2.24) is 15.0 Å². The molecular formula is C12H13ClN4O3. The maximum absolute atomic E-state index is 5.78. The summed E-state index contributed by atoms with van der Waals surface area (Å²) in [7, 11) is 4.57. The van der Waals surface area contributed by atoms with E-state index in [-0.39, 0.29) is 11.2 Å². The Kier molecular flexibility index (Phi) is 4.09. The fraction of sp³-hybridized carbons (Fsp3) is 0.250. The highest BCUT2D eigenvalue weighted by Crippen LogP contribution is 2.40. The first-order chi connectivity index (χ1) is 9.58. The summed E-state index contributed by atoms with van der Waals surface area (Å²) in [4.78, 5) is 11.8. The van der Waals surface area contributed by atoms with E-state index in [2.05, 4.69) is 15.0 Å². The predicted octanol–water partition coefficient (Wildman–Crippen LogP) is 1.80. The second-order valence-electron chi connectivity index (χ2n) is 3.70. The molecule has 0 aliphatic heterocycles. The Morgan fingerprint density at radius 2 is 1.55 bits per heavy atom. The second-order valence-corrected chi connectivity index (χ2v) is 4.04. The van der Waals surface area contributed by atoms with Gasteiger partial charge in [-0.1, -0.05) is 0 Å². The van der Waals surface area contributed by atoms with Gasteiger partial charge in [0.25, 0.3) is 0 Å². The molecule has 0 amide bonds. The molecule has 7 nitrogen and oxygen atoms in total. The molecule has 0 radical (unpaired) electrons. The maximum Gasteiger partial charge on any atom is 0.227 e. The lowest BCUT2D eigenvalue weighted by Crippen LogP contribution is -2.01. The van der Waals surface area contributed by atoms with Crippen LogP contribution in [0, 0.1) is 0 Å². The highest BCUT2D eigenvalue weighted by atomic mass is 35.5. The van der Waals surface area contributed by atoms with Gasteiger partial charge in [0.1, 0.15) is 0 Å². The number of hydrogen-bond donors (Lipinski definition) is 1. The molecule has 0 aliphatic rings. The third-order valence-electron chi connectivity index (χ3n) is 2.55. The summed E-state index contributed by atoms with van der Waals surface area (Å²) >= 11 is 5.78. The third-order valence-corrected chi connectivity index (χ3v) is 2.72. The zero-order valence-corrected chi connectivity index (χ0v) is 11.9. The van der Waals surface area contributed by atoms with E-state index in [1.54, 1.807) is 12.1 Å². The summed E-state index contributed by atoms with van der Waals surface area (Å²) in [6.07, 6.45) is 0. The van der Waals surface area contributed by atoms with Crippen molar-refractivity contribution < 1.29 is 14.2 Å². The molecule has 2 rings (SSSR count). The minimum absolute atomic E-state index is 0.0150. The molecule has 1 aromatic heterocycles. The van der Waals surface area contributed by atoms with Crippen LogP contribution in [-0.4, -0.2) is 36.3 Å². The zero-order valence-electron chi connectivity index (χ0n) is 11.2. The zero-order chi connectivity index (χ0) is 14.7. The standard InChI is InChI=1S/C12H13ClN4O3/c1-18-7-4-6(5-8(19-2)9(7)20-3)10-15-11(13)17-12(14)16-10/h4-5H,1-3H3,(H2,14,15,16,17). The van der Waals surface area contributed by atoms with Crippen molar-refractivity contribution in [3.8, 4) is 28.6 Å². The van der Waals surface area contributed by atoms with Crippen molar-refractivity contribution >= 4 is 17.5 Å². The van der Waals surface area contributed by atoms with Gasteiger partial charge in [0.2, 0.25) is 17.0 Å². The third kappa shape index (κ3) is 2.67. The van der Waals surface area contributed by atoms with Crippen LogP contribution < -0.4 is 19.9 Å². The van der Waals surface area contributed by atoms with Crippen LogP contribution in [0.3, 0.4) is 0 Å². The summed E-state index contributed by atoms with van der Waals surface area (Å²) in [6, 6.07) is 3.40. The molecule has 0 saturated carbocycles. The Morgan fingerprint density at radius 3 is 2.00 bits per heavy atom. The minimum atomic E-state index is 0.0150. The highest BCUT2D eigenvalue weighted by molar-refractivity contribution is 6.28. The number of nitrogens with two attached hydrogens (primary N) is 1. The number of benzene rings is 1. The fourth-order valence-electron chi connectivity index (χ4n) is 1.70. The highest BCUT2D eigenvalue weighted by Gasteiger charge is 2.16. The summed E-state index contributed by atoms with van der Waals surface area (Å²) in [6.45, 7) is 0. The summed E-state index contributed by atoms with van der Waals surface area (Å²) in [5.74, 6) is 1.80. The normalized spacial score (nSPS) is 10.2. The Balaban J connectivity index is 2.62. The van der Waals surface area contributed by atoms with E-state index in [0.29, 0.717) is 28.6 Å². The van der Waals surface area contributed by atoms with Crippen molar-refractivity contribution in [3.05, 3.63) is 17.4 Å². The molecule has 0 aliphatic carbocycles. The van der Waals surface area contributed by atoms with Gasteiger partial charge >= 0.3 is 0 Å². The SMILES string of the molecule is COc1cc(-c2nc(N)nc(Cl)n2)cc(OC)c1OC. The van der Waals surface area contributed by atoms with Gasteiger partial charge < -0.3 is 19.9 Å². The molecule has 1 heterocycles. The topological polar surface area (TPSA) is 92.4 Å². The molecule has 2 aromatic rings. The number of ether oxygens (including phenoxy) is 3. The van der Waals surface area contributed by atoms with Crippen molar-refractivity contribution in [2.75, 3.05) is 27.1 Å². The fourth-order valence-corrected chi connectivity index (χ4v) is 1.87. The number of hydrogen-bond acceptors (Lipinski definition) is 7. The lowest BCUT2D eigenvalue weighted by Gasteiger charge is -2.13. The Labute approximate surface area is 120 Å². The van der Waals surface area contributed by atoms with Gasteiger partial charge in [-0.3, -0.25) is 0 Å². The van der Waals surface area contributed by atoms with Crippen LogP contribution in [0.1, 0.15) is 0 Å². The van der Waals surface area contributed by atoms with E-state index in [0.717, 1.165) is 0 Å². The van der Waals surface area contributed by atoms with Crippen LogP contribution in [0.2, 0.25) is 5.28 Å². The van der Waals surface area contributed by atoms with Gasteiger partial charge in [-0.25, -0.2) is 0 Å². The van der Waals surface area contributed by atoms with Crippen LogP contribution in [0.4, 0.5) is 5.95 Å². The van der Waals surface area contributed by atoms with E-state index in [1.807, 2.05) is 0 Å². The number of aromatic nitrogens is 3. The maximum atomic E-state index is 5.78. The van der Waals surface area contributed by atoms with E-state index in [9.17, 15) is 0 Å². The smallest absolute Gasteiger partial charge is 0.227 e. The Morgan fingerprint density at radius 1 is 0.950 bits per heavy atom. The molecule has 0 bridgehead atoms. The van der Waals surface area contributed by atoms with E-state index in [4.69, 9.17) is 31.5 Å². The van der Waals surface area contributed by atoms with Crippen LogP contribution in [0.25, 0.3) is 11.4 Å². The Bertz CT molecular complexity index is 591. The van der Waals surface area contributed by atoms with Crippen LogP contribution in [0.15, 0.2) is 12.1 Å². The van der Waals surface area contributed by atoms with Gasteiger partial charge in [-0.05, 0) is 23.7 Å². The molecule has 0 unspecified atom stereocenters. The first-order valence-electron chi connectivity index (χ1n) is 5.56. The number of methoxy groups -OCH3 is 3. The molecule has 2 N–H and O–H groups in total. The van der Waals surface area contributed by atoms with Crippen molar-refractivity contribution in [3.63, 3.8) is 0 Å². The average molecular weight is 297 g/mol. The largest absolute Gasteiger partial charge is 0.493 e. The molecule has 106 valence electrons. The van der Waals surface area contributed by atoms with Crippen molar-refractivity contribution in [2.24, 2.45) is 0 Å². The molecule has 0 fully saturated rings.